The smallest absolute Gasteiger partial charge is 0.273 e. The Labute approximate surface area is 204 Å². The number of nitrogens with zero attached hydrogens (tertiary/aromatic N) is 3. The molecule has 5 rings (SSSR count). The number of benzene rings is 3. The van der Waals surface area contributed by atoms with Crippen LogP contribution in [0.25, 0.3) is 22.0 Å². The number of hydrogen-bond acceptors (Lipinski definition) is 5. The molecule has 0 radical (unpaired) electrons. The van der Waals surface area contributed by atoms with Gasteiger partial charge in [-0.05, 0) is 52.6 Å². The van der Waals surface area contributed by atoms with Crippen molar-refractivity contribution in [3.63, 3.8) is 0 Å². The number of rotatable bonds is 3. The molecule has 4 aromatic rings. The zero-order valence-electron chi connectivity index (χ0n) is 20.4. The normalized spacial score (nSPS) is 11.6. The van der Waals surface area contributed by atoms with Crippen molar-refractivity contribution in [2.45, 2.75) is 40.8 Å². The van der Waals surface area contributed by atoms with Gasteiger partial charge >= 0.3 is 0 Å². The van der Waals surface area contributed by atoms with Crippen molar-refractivity contribution in [1.82, 2.24) is 14.9 Å². The van der Waals surface area contributed by atoms with Crippen LogP contribution in [0.1, 0.15) is 59.7 Å². The molecule has 1 aliphatic rings. The summed E-state index contributed by atoms with van der Waals surface area (Å²) in [5, 5.41) is 0.494. The number of aromatic nitrogens is 2. The van der Waals surface area contributed by atoms with Crippen LogP contribution >= 0.6 is 0 Å². The summed E-state index contributed by atoms with van der Waals surface area (Å²) in [6.45, 7) is 8.97. The summed E-state index contributed by atoms with van der Waals surface area (Å²) in [7, 11) is 0. The van der Waals surface area contributed by atoms with Crippen LogP contribution in [0.15, 0.2) is 60.7 Å². The van der Waals surface area contributed by atoms with E-state index in [4.69, 9.17) is 5.73 Å². The maximum atomic E-state index is 13.9. The summed E-state index contributed by atoms with van der Waals surface area (Å²) in [6.07, 6.45) is 0.673. The van der Waals surface area contributed by atoms with E-state index in [1.54, 1.807) is 23.1 Å². The molecular formula is C28H29FN4O2. The van der Waals surface area contributed by atoms with Gasteiger partial charge in [0.2, 0.25) is 5.95 Å². The Morgan fingerprint density at radius 1 is 0.943 bits per heavy atom. The molecule has 6 nitrogen and oxygen atoms in total. The van der Waals surface area contributed by atoms with Crippen molar-refractivity contribution < 1.29 is 14.0 Å². The van der Waals surface area contributed by atoms with Crippen LogP contribution in [0.4, 0.5) is 10.3 Å². The summed E-state index contributed by atoms with van der Waals surface area (Å²) in [5.41, 5.74) is 10.1. The Balaban J connectivity index is 0.000000815. The van der Waals surface area contributed by atoms with Gasteiger partial charge in [0, 0.05) is 24.0 Å². The molecule has 3 aromatic carbocycles. The Morgan fingerprint density at radius 3 is 2.23 bits per heavy atom. The second kappa shape index (κ2) is 11.3. The molecule has 1 amide bonds. The molecule has 0 atom stereocenters. The number of nitrogen functional groups attached to an aromatic ring is 1. The standard InChI is InChI=1S/C24H17FN4O2.2C2H6/c25-18-7-5-17(13-30)19(10-18)14-6-8-21-20(9-14)22(28-24(26)27-21)23(31)29-11-15-3-1-2-4-16(15)12-29;2*1-2/h1-10,13H,11-12H2,(H2,26,27,28);2*1-2H3. The predicted molar refractivity (Wildman–Crippen MR) is 137 cm³/mol. The van der Waals surface area contributed by atoms with Crippen LogP contribution in [0.3, 0.4) is 0 Å². The molecule has 0 aliphatic carbocycles. The highest BCUT2D eigenvalue weighted by Gasteiger charge is 2.27. The number of hydrogen-bond donors (Lipinski definition) is 1. The van der Waals surface area contributed by atoms with Crippen LogP contribution in [-0.4, -0.2) is 27.1 Å². The SMILES string of the molecule is CC.CC.Nc1nc(C(=O)N2Cc3ccccc3C2)c2cc(-c3cc(F)ccc3C=O)ccc2n1. The Bertz CT molecular complexity index is 1350. The summed E-state index contributed by atoms with van der Waals surface area (Å²) < 4.78 is 13.9. The molecule has 0 saturated carbocycles. The van der Waals surface area contributed by atoms with Gasteiger partial charge < -0.3 is 10.6 Å². The third-order valence-corrected chi connectivity index (χ3v) is 5.50. The number of fused-ring (bicyclic) bond motifs is 2. The monoisotopic (exact) mass is 472 g/mol. The van der Waals surface area contributed by atoms with Crippen molar-refractivity contribution in [2.24, 2.45) is 0 Å². The van der Waals surface area contributed by atoms with Gasteiger partial charge in [-0.15, -0.1) is 0 Å². The fourth-order valence-corrected chi connectivity index (χ4v) is 3.98. The Morgan fingerprint density at radius 2 is 1.60 bits per heavy atom. The fraction of sp³-hybridized carbons (Fsp3) is 0.214. The van der Waals surface area contributed by atoms with E-state index in [1.165, 1.54) is 18.2 Å². The first-order valence-electron chi connectivity index (χ1n) is 11.7. The minimum atomic E-state index is -0.458. The molecule has 0 saturated heterocycles. The van der Waals surface area contributed by atoms with Crippen LogP contribution in [0, 0.1) is 5.82 Å². The van der Waals surface area contributed by atoms with E-state index in [0.717, 1.165) is 11.1 Å². The highest BCUT2D eigenvalue weighted by molar-refractivity contribution is 6.06. The van der Waals surface area contributed by atoms with Crippen LogP contribution < -0.4 is 5.73 Å². The molecule has 2 heterocycles. The zero-order chi connectivity index (χ0) is 25.5. The predicted octanol–water partition coefficient (Wildman–Crippen LogP) is 6.04. The number of anilines is 1. The van der Waals surface area contributed by atoms with E-state index in [-0.39, 0.29) is 17.5 Å². The van der Waals surface area contributed by atoms with E-state index < -0.39 is 5.82 Å². The lowest BCUT2D eigenvalue weighted by atomic mass is 9.98. The summed E-state index contributed by atoms with van der Waals surface area (Å²) in [4.78, 5) is 35.0. The minimum absolute atomic E-state index is 0.000327. The van der Waals surface area contributed by atoms with Gasteiger partial charge in [0.1, 0.15) is 11.5 Å². The molecule has 1 aromatic heterocycles. The minimum Gasteiger partial charge on any atom is -0.368 e. The molecule has 7 heteroatoms. The third-order valence-electron chi connectivity index (χ3n) is 5.50. The van der Waals surface area contributed by atoms with Gasteiger partial charge in [0.25, 0.3) is 5.91 Å². The van der Waals surface area contributed by atoms with Crippen LogP contribution in [-0.2, 0) is 13.1 Å². The number of carbonyl (C=O) groups excluding carboxylic acids is 2. The number of carbonyl (C=O) groups is 2. The van der Waals surface area contributed by atoms with Crippen molar-refractivity contribution in [3.05, 3.63) is 88.9 Å². The first kappa shape index (κ1) is 25.5. The molecule has 180 valence electrons. The fourth-order valence-electron chi connectivity index (χ4n) is 3.98. The molecule has 0 unspecified atom stereocenters. The average Bonchev–Trinajstić information content (AvgIpc) is 3.34. The van der Waals surface area contributed by atoms with E-state index in [1.807, 2.05) is 52.0 Å². The van der Waals surface area contributed by atoms with Crippen molar-refractivity contribution >= 4 is 29.0 Å². The highest BCUT2D eigenvalue weighted by Crippen LogP contribution is 2.30. The van der Waals surface area contributed by atoms with E-state index in [0.29, 0.717) is 47.0 Å². The lowest BCUT2D eigenvalue weighted by Crippen LogP contribution is -2.27. The van der Waals surface area contributed by atoms with Gasteiger partial charge in [-0.1, -0.05) is 58.0 Å². The van der Waals surface area contributed by atoms with Gasteiger partial charge in [0.15, 0.2) is 6.29 Å². The van der Waals surface area contributed by atoms with Crippen molar-refractivity contribution in [2.75, 3.05) is 5.73 Å². The Hall–Kier alpha value is -4.13. The number of halogens is 1. The number of aldehydes is 1. The highest BCUT2D eigenvalue weighted by atomic mass is 19.1. The molecule has 2 N–H and O–H groups in total. The second-order valence-electron chi connectivity index (χ2n) is 7.44. The topological polar surface area (TPSA) is 89.2 Å². The molecule has 1 aliphatic heterocycles. The average molecular weight is 473 g/mol. The lowest BCUT2D eigenvalue weighted by molar-refractivity contribution is 0.0747. The first-order chi connectivity index (χ1) is 17.0. The summed E-state index contributed by atoms with van der Waals surface area (Å²) in [5.74, 6) is -0.720. The Kier molecular flexibility index (Phi) is 8.25. The van der Waals surface area contributed by atoms with Gasteiger partial charge in [-0.3, -0.25) is 9.59 Å². The van der Waals surface area contributed by atoms with E-state index >= 15 is 0 Å². The van der Waals surface area contributed by atoms with E-state index in [9.17, 15) is 14.0 Å². The largest absolute Gasteiger partial charge is 0.368 e. The van der Waals surface area contributed by atoms with Gasteiger partial charge in [-0.2, -0.15) is 0 Å². The maximum absolute atomic E-state index is 13.9. The van der Waals surface area contributed by atoms with E-state index in [2.05, 4.69) is 9.97 Å². The quantitative estimate of drug-likeness (QED) is 0.367. The summed E-state index contributed by atoms with van der Waals surface area (Å²) >= 11 is 0. The second-order valence-corrected chi connectivity index (χ2v) is 7.44. The molecular weight excluding hydrogens is 443 g/mol. The number of amides is 1. The third kappa shape index (κ3) is 5.19. The van der Waals surface area contributed by atoms with Crippen molar-refractivity contribution in [3.8, 4) is 11.1 Å². The molecule has 35 heavy (non-hydrogen) atoms. The maximum Gasteiger partial charge on any atom is 0.273 e. The van der Waals surface area contributed by atoms with Crippen molar-refractivity contribution in [1.29, 1.82) is 0 Å². The van der Waals surface area contributed by atoms with Crippen LogP contribution in [0.2, 0.25) is 0 Å². The first-order valence-corrected chi connectivity index (χ1v) is 11.7. The van der Waals surface area contributed by atoms with Crippen LogP contribution in [0.5, 0.6) is 0 Å². The zero-order valence-corrected chi connectivity index (χ0v) is 20.4. The summed E-state index contributed by atoms with van der Waals surface area (Å²) in [6, 6.07) is 17.0. The molecule has 0 spiro atoms. The van der Waals surface area contributed by atoms with Gasteiger partial charge in [-0.25, -0.2) is 14.4 Å². The molecule has 0 fully saturated rings. The lowest BCUT2D eigenvalue weighted by Gasteiger charge is -2.17. The number of nitrogens with two attached hydrogens (primary N) is 1. The van der Waals surface area contributed by atoms with Gasteiger partial charge in [0.05, 0.1) is 5.52 Å². The molecule has 0 bridgehead atoms.